The van der Waals surface area contributed by atoms with Gasteiger partial charge in [0.1, 0.15) is 6.04 Å². The number of thiophene rings is 1. The number of aromatic amines is 1. The lowest BCUT2D eigenvalue weighted by atomic mass is 10.1. The molecule has 6 N–H and O–H groups in total. The van der Waals surface area contributed by atoms with Crippen molar-refractivity contribution in [1.82, 2.24) is 15.3 Å². The molecular formula is C20H22N4O6S. The second kappa shape index (κ2) is 9.56. The number of H-pyrrole nitrogens is 1. The van der Waals surface area contributed by atoms with Gasteiger partial charge in [0.15, 0.2) is 0 Å². The average molecular weight is 446 g/mol. The number of nitrogens with two attached hydrogens (primary N) is 1. The summed E-state index contributed by atoms with van der Waals surface area (Å²) in [6.45, 7) is 0. The van der Waals surface area contributed by atoms with Crippen LogP contribution in [0.1, 0.15) is 51.5 Å². The molecule has 0 unspecified atom stereocenters. The lowest BCUT2D eigenvalue weighted by molar-refractivity contribution is -0.140. The van der Waals surface area contributed by atoms with E-state index in [1.165, 1.54) is 11.3 Å². The first-order valence-electron chi connectivity index (χ1n) is 9.67. The Balaban J connectivity index is 1.59. The number of aromatic nitrogens is 2. The monoisotopic (exact) mass is 446 g/mol. The van der Waals surface area contributed by atoms with Crippen molar-refractivity contribution in [3.8, 4) is 0 Å². The molecule has 0 saturated carbocycles. The SMILES string of the molecule is Nc1nc2c(c(=O)[nH]1)C(=CCCc1ccc(C(=O)N[C@@H](CCC(=O)O)C(=O)O)s1)CC2. The van der Waals surface area contributed by atoms with Crippen LogP contribution in [0.15, 0.2) is 23.0 Å². The van der Waals surface area contributed by atoms with Crippen LogP contribution in [0.25, 0.3) is 5.57 Å². The van der Waals surface area contributed by atoms with E-state index in [-0.39, 0.29) is 24.3 Å². The minimum atomic E-state index is -1.28. The molecule has 1 aliphatic rings. The number of hydrogen-bond acceptors (Lipinski definition) is 7. The number of carboxylic acids is 2. The normalized spacial score (nSPS) is 14.9. The molecular weight excluding hydrogens is 424 g/mol. The summed E-state index contributed by atoms with van der Waals surface area (Å²) in [4.78, 5) is 54.3. The number of carbonyl (C=O) groups is 3. The number of aryl methyl sites for hydroxylation is 2. The number of rotatable bonds is 9. The predicted octanol–water partition coefficient (Wildman–Crippen LogP) is 1.42. The first kappa shape index (κ1) is 22.2. The number of nitrogens with one attached hydrogen (secondary N) is 2. The number of carboxylic acid groups (broad SMARTS) is 2. The summed E-state index contributed by atoms with van der Waals surface area (Å²) in [5.41, 5.74) is 7.57. The van der Waals surface area contributed by atoms with E-state index >= 15 is 0 Å². The molecule has 0 saturated heterocycles. The zero-order valence-electron chi connectivity index (χ0n) is 16.5. The summed E-state index contributed by atoms with van der Waals surface area (Å²) < 4.78 is 0. The summed E-state index contributed by atoms with van der Waals surface area (Å²) >= 11 is 1.24. The fraction of sp³-hybridized carbons (Fsp3) is 0.350. The maximum Gasteiger partial charge on any atom is 0.326 e. The Hall–Kier alpha value is -3.47. The van der Waals surface area contributed by atoms with Crippen molar-refractivity contribution in [3.05, 3.63) is 49.6 Å². The van der Waals surface area contributed by atoms with Crippen LogP contribution >= 0.6 is 11.3 Å². The molecule has 0 radical (unpaired) electrons. The largest absolute Gasteiger partial charge is 0.481 e. The quantitative estimate of drug-likeness (QED) is 0.384. The van der Waals surface area contributed by atoms with Gasteiger partial charge in [-0.2, -0.15) is 0 Å². The zero-order valence-corrected chi connectivity index (χ0v) is 17.3. The minimum Gasteiger partial charge on any atom is -0.481 e. The van der Waals surface area contributed by atoms with E-state index in [1.807, 2.05) is 6.08 Å². The molecule has 0 fully saturated rings. The Morgan fingerprint density at radius 1 is 1.29 bits per heavy atom. The standard InChI is InChI=1S/C20H22N4O6S/c21-20-23-12-6-4-10(16(12)18(28)24-20)2-1-3-11-5-8-14(31-11)17(27)22-13(19(29)30)7-9-15(25)26/h2,5,8,13H,1,3-4,6-7,9H2,(H,22,27)(H,25,26)(H,29,30)(H3,21,23,24,28)/t13-/m0/s1. The molecule has 1 amide bonds. The Morgan fingerprint density at radius 2 is 2.06 bits per heavy atom. The molecule has 1 atom stereocenters. The van der Waals surface area contributed by atoms with Crippen molar-refractivity contribution in [2.45, 2.75) is 44.6 Å². The van der Waals surface area contributed by atoms with Crippen LogP contribution in [0, 0.1) is 0 Å². The van der Waals surface area contributed by atoms with E-state index in [4.69, 9.17) is 15.9 Å². The van der Waals surface area contributed by atoms with Crippen LogP contribution in [0.2, 0.25) is 0 Å². The molecule has 2 heterocycles. The van der Waals surface area contributed by atoms with Gasteiger partial charge in [0.05, 0.1) is 16.1 Å². The van der Waals surface area contributed by atoms with E-state index in [0.717, 1.165) is 16.9 Å². The van der Waals surface area contributed by atoms with E-state index in [9.17, 15) is 19.2 Å². The Kier molecular flexibility index (Phi) is 6.85. The minimum absolute atomic E-state index is 0.113. The third-order valence-electron chi connectivity index (χ3n) is 4.88. The van der Waals surface area contributed by atoms with Crippen molar-refractivity contribution in [2.24, 2.45) is 0 Å². The van der Waals surface area contributed by atoms with Crippen molar-refractivity contribution in [1.29, 1.82) is 0 Å². The summed E-state index contributed by atoms with van der Waals surface area (Å²) in [5, 5.41) is 20.2. The number of amides is 1. The van der Waals surface area contributed by atoms with Crippen molar-refractivity contribution < 1.29 is 24.6 Å². The van der Waals surface area contributed by atoms with E-state index in [0.29, 0.717) is 35.4 Å². The maximum atomic E-state index is 12.3. The Bertz CT molecular complexity index is 1100. The van der Waals surface area contributed by atoms with Crippen LogP contribution in [-0.2, 0) is 22.4 Å². The summed E-state index contributed by atoms with van der Waals surface area (Å²) in [7, 11) is 0. The lowest BCUT2D eigenvalue weighted by Crippen LogP contribution is -2.40. The molecule has 1 aliphatic carbocycles. The van der Waals surface area contributed by atoms with Crippen LogP contribution in [0.3, 0.4) is 0 Å². The highest BCUT2D eigenvalue weighted by Crippen LogP contribution is 2.29. The van der Waals surface area contributed by atoms with E-state index in [2.05, 4.69) is 15.3 Å². The number of aliphatic carboxylic acids is 2. The third kappa shape index (κ3) is 5.57. The second-order valence-corrected chi connectivity index (χ2v) is 8.27. The molecule has 2 aromatic heterocycles. The van der Waals surface area contributed by atoms with Gasteiger partial charge in [-0.25, -0.2) is 9.78 Å². The highest BCUT2D eigenvalue weighted by atomic mass is 32.1. The molecule has 3 rings (SSSR count). The van der Waals surface area contributed by atoms with Gasteiger partial charge < -0.3 is 21.3 Å². The van der Waals surface area contributed by atoms with Gasteiger partial charge in [0, 0.05) is 11.3 Å². The topological polar surface area (TPSA) is 175 Å². The number of allylic oxidation sites excluding steroid dienone is 2. The van der Waals surface area contributed by atoms with E-state index in [1.54, 1.807) is 12.1 Å². The molecule has 10 nitrogen and oxygen atoms in total. The second-order valence-electron chi connectivity index (χ2n) is 7.10. The van der Waals surface area contributed by atoms with Crippen LogP contribution in [-0.4, -0.2) is 44.1 Å². The highest BCUT2D eigenvalue weighted by molar-refractivity contribution is 7.14. The van der Waals surface area contributed by atoms with Crippen LogP contribution in [0.4, 0.5) is 5.95 Å². The Labute approximate surface area is 180 Å². The summed E-state index contributed by atoms with van der Waals surface area (Å²) in [6, 6.07) is 2.14. The van der Waals surface area contributed by atoms with Gasteiger partial charge in [0.2, 0.25) is 5.95 Å². The van der Waals surface area contributed by atoms with Gasteiger partial charge in [-0.1, -0.05) is 6.08 Å². The smallest absolute Gasteiger partial charge is 0.326 e. The lowest BCUT2D eigenvalue weighted by Gasteiger charge is -2.12. The van der Waals surface area contributed by atoms with Gasteiger partial charge in [-0.05, 0) is 49.8 Å². The van der Waals surface area contributed by atoms with Gasteiger partial charge in [0.25, 0.3) is 11.5 Å². The van der Waals surface area contributed by atoms with Gasteiger partial charge in [-0.3, -0.25) is 19.4 Å². The molecule has 31 heavy (non-hydrogen) atoms. The first-order valence-corrected chi connectivity index (χ1v) is 10.5. The number of nitrogens with zero attached hydrogens (tertiary/aromatic N) is 1. The van der Waals surface area contributed by atoms with Crippen molar-refractivity contribution >= 4 is 40.7 Å². The predicted molar refractivity (Wildman–Crippen MR) is 114 cm³/mol. The molecule has 2 aromatic rings. The summed E-state index contributed by atoms with van der Waals surface area (Å²) in [6.07, 6.45) is 4.16. The molecule has 11 heteroatoms. The Morgan fingerprint density at radius 3 is 2.77 bits per heavy atom. The zero-order chi connectivity index (χ0) is 22.5. The molecule has 0 spiro atoms. The van der Waals surface area contributed by atoms with Crippen LogP contribution < -0.4 is 16.6 Å². The van der Waals surface area contributed by atoms with Gasteiger partial charge in [-0.15, -0.1) is 11.3 Å². The summed E-state index contributed by atoms with van der Waals surface area (Å²) in [5.74, 6) is -2.84. The highest BCUT2D eigenvalue weighted by Gasteiger charge is 2.23. The first-order chi connectivity index (χ1) is 14.7. The fourth-order valence-corrected chi connectivity index (χ4v) is 4.34. The molecule has 164 valence electrons. The molecule has 0 aliphatic heterocycles. The maximum absolute atomic E-state index is 12.3. The molecule has 0 aromatic carbocycles. The third-order valence-corrected chi connectivity index (χ3v) is 6.03. The van der Waals surface area contributed by atoms with Crippen molar-refractivity contribution in [2.75, 3.05) is 5.73 Å². The average Bonchev–Trinajstić information content (AvgIpc) is 3.32. The number of anilines is 1. The number of fused-ring (bicyclic) bond motifs is 1. The van der Waals surface area contributed by atoms with Gasteiger partial charge >= 0.3 is 11.9 Å². The number of carbonyl (C=O) groups excluding carboxylic acids is 1. The van der Waals surface area contributed by atoms with Crippen LogP contribution in [0.5, 0.6) is 0 Å². The number of nitrogen functional groups attached to an aromatic ring is 1. The molecule has 0 bridgehead atoms. The number of hydrogen-bond donors (Lipinski definition) is 5. The fourth-order valence-electron chi connectivity index (χ4n) is 3.41. The van der Waals surface area contributed by atoms with Crippen molar-refractivity contribution in [3.63, 3.8) is 0 Å². The van der Waals surface area contributed by atoms with E-state index < -0.39 is 23.9 Å².